The second-order valence-corrected chi connectivity index (χ2v) is 6.29. The molecule has 0 aliphatic carbocycles. The first-order valence-electron chi connectivity index (χ1n) is 7.20. The number of aliphatic carboxylic acids is 1. The molecular formula is C14H13N7O2S. The summed E-state index contributed by atoms with van der Waals surface area (Å²) < 4.78 is 1.41. The fourth-order valence-electron chi connectivity index (χ4n) is 2.50. The number of thioether (sulfide) groups is 1. The highest BCUT2D eigenvalue weighted by molar-refractivity contribution is 8.08. The lowest BCUT2D eigenvalue weighted by molar-refractivity contribution is -0.137. The first-order valence-corrected chi connectivity index (χ1v) is 8.19. The van der Waals surface area contributed by atoms with Gasteiger partial charge in [0.1, 0.15) is 12.9 Å². The molecule has 122 valence electrons. The number of H-pyrrole nitrogens is 1. The van der Waals surface area contributed by atoms with Gasteiger partial charge in [0, 0.05) is 35.2 Å². The van der Waals surface area contributed by atoms with Gasteiger partial charge in [-0.05, 0) is 0 Å². The van der Waals surface area contributed by atoms with Crippen molar-refractivity contribution < 1.29 is 9.90 Å². The zero-order valence-electron chi connectivity index (χ0n) is 12.5. The summed E-state index contributed by atoms with van der Waals surface area (Å²) in [4.78, 5) is 29.6. The first-order chi connectivity index (χ1) is 11.7. The van der Waals surface area contributed by atoms with Crippen molar-refractivity contribution in [2.45, 2.75) is 6.54 Å². The smallest absolute Gasteiger partial charge is 0.325 e. The summed E-state index contributed by atoms with van der Waals surface area (Å²) in [5, 5.41) is 12.9. The Hall–Kier alpha value is -2.88. The summed E-state index contributed by atoms with van der Waals surface area (Å²) >= 11 is 1.70. The van der Waals surface area contributed by atoms with Crippen LogP contribution in [0.3, 0.4) is 0 Å². The molecule has 0 spiro atoms. The Balaban J connectivity index is 1.66. The summed E-state index contributed by atoms with van der Waals surface area (Å²) in [5.41, 5.74) is 2.31. The van der Waals surface area contributed by atoms with Crippen molar-refractivity contribution in [2.24, 2.45) is 0 Å². The van der Waals surface area contributed by atoms with Gasteiger partial charge in [-0.15, -0.1) is 11.8 Å². The van der Waals surface area contributed by atoms with Crippen LogP contribution in [0.25, 0.3) is 16.1 Å². The number of carboxylic acids is 1. The van der Waals surface area contributed by atoms with Crippen molar-refractivity contribution in [3.05, 3.63) is 36.8 Å². The van der Waals surface area contributed by atoms with E-state index in [1.807, 2.05) is 11.1 Å². The minimum absolute atomic E-state index is 0.151. The molecule has 4 heterocycles. The highest BCUT2D eigenvalue weighted by Gasteiger charge is 2.19. The van der Waals surface area contributed by atoms with E-state index in [0.29, 0.717) is 5.65 Å². The van der Waals surface area contributed by atoms with Crippen LogP contribution in [0.4, 0.5) is 5.82 Å². The number of nitrogens with one attached hydrogen (secondary N) is 1. The molecule has 1 aliphatic rings. The Kier molecular flexibility index (Phi) is 3.65. The van der Waals surface area contributed by atoms with Crippen molar-refractivity contribution in [3.63, 3.8) is 0 Å². The molecule has 0 saturated carbocycles. The van der Waals surface area contributed by atoms with Crippen LogP contribution in [0.2, 0.25) is 0 Å². The Bertz CT molecular complexity index is 932. The second kappa shape index (κ2) is 5.96. The summed E-state index contributed by atoms with van der Waals surface area (Å²) in [5.74, 6) is 0.710. The van der Waals surface area contributed by atoms with Crippen LogP contribution in [-0.2, 0) is 11.3 Å². The van der Waals surface area contributed by atoms with Crippen LogP contribution in [0.15, 0.2) is 31.2 Å². The number of rotatable bonds is 4. The van der Waals surface area contributed by atoms with Gasteiger partial charge in [-0.1, -0.05) is 0 Å². The van der Waals surface area contributed by atoms with E-state index in [1.54, 1.807) is 30.5 Å². The number of carbonyl (C=O) groups is 1. The van der Waals surface area contributed by atoms with E-state index in [4.69, 9.17) is 5.11 Å². The monoisotopic (exact) mass is 343 g/mol. The lowest BCUT2D eigenvalue weighted by atomic mass is 10.3. The lowest BCUT2D eigenvalue weighted by Crippen LogP contribution is -2.24. The maximum absolute atomic E-state index is 10.8. The zero-order chi connectivity index (χ0) is 16.5. The topological polar surface area (TPSA) is 113 Å². The molecule has 9 nitrogen and oxygen atoms in total. The van der Waals surface area contributed by atoms with E-state index in [-0.39, 0.29) is 6.54 Å². The van der Waals surface area contributed by atoms with Gasteiger partial charge in [-0.3, -0.25) is 9.48 Å². The van der Waals surface area contributed by atoms with E-state index in [0.717, 1.165) is 34.1 Å². The molecule has 0 atom stereocenters. The molecule has 2 N–H and O–H groups in total. The van der Waals surface area contributed by atoms with Crippen LogP contribution in [0.1, 0.15) is 5.56 Å². The van der Waals surface area contributed by atoms with Gasteiger partial charge >= 0.3 is 5.97 Å². The van der Waals surface area contributed by atoms with Crippen LogP contribution in [0.5, 0.6) is 0 Å². The lowest BCUT2D eigenvalue weighted by Gasteiger charge is -2.25. The summed E-state index contributed by atoms with van der Waals surface area (Å²) in [6, 6.07) is 0. The number of hydrogen-bond acceptors (Lipinski definition) is 7. The SMILES string of the molecule is O=C(O)Cn1cc(C2=CN(c3ncnc4[nH]cnc34)CCS2)cn1. The van der Waals surface area contributed by atoms with Crippen molar-refractivity contribution in [3.8, 4) is 0 Å². The number of imidazole rings is 1. The third kappa shape index (κ3) is 2.71. The van der Waals surface area contributed by atoms with E-state index in [9.17, 15) is 4.79 Å². The van der Waals surface area contributed by atoms with Crippen LogP contribution >= 0.6 is 11.8 Å². The Labute approximate surface area is 140 Å². The predicted molar refractivity (Wildman–Crippen MR) is 89.3 cm³/mol. The number of nitrogens with zero attached hydrogens (tertiary/aromatic N) is 6. The molecule has 0 radical (unpaired) electrons. The highest BCUT2D eigenvalue weighted by atomic mass is 32.2. The van der Waals surface area contributed by atoms with Crippen LogP contribution in [-0.4, -0.2) is 53.1 Å². The highest BCUT2D eigenvalue weighted by Crippen LogP contribution is 2.33. The average molecular weight is 343 g/mol. The number of fused-ring (bicyclic) bond motifs is 1. The van der Waals surface area contributed by atoms with Crippen LogP contribution < -0.4 is 4.90 Å². The predicted octanol–water partition coefficient (Wildman–Crippen LogP) is 1.19. The van der Waals surface area contributed by atoms with Crippen molar-refractivity contribution in [2.75, 3.05) is 17.2 Å². The molecule has 0 amide bonds. The first kappa shape index (κ1) is 14.7. The quantitative estimate of drug-likeness (QED) is 0.726. The van der Waals surface area contributed by atoms with Crippen molar-refractivity contribution in [1.82, 2.24) is 29.7 Å². The van der Waals surface area contributed by atoms with Gasteiger partial charge in [0.2, 0.25) is 0 Å². The Morgan fingerprint density at radius 3 is 3.17 bits per heavy atom. The zero-order valence-corrected chi connectivity index (χ0v) is 13.3. The molecule has 0 saturated heterocycles. The summed E-state index contributed by atoms with van der Waals surface area (Å²) in [7, 11) is 0. The molecule has 3 aromatic heterocycles. The van der Waals surface area contributed by atoms with Gasteiger partial charge in [-0.2, -0.15) is 5.10 Å². The standard InChI is InChI=1S/C14H13N7O2S/c22-11(23)6-21-4-9(3-19-21)10-5-20(1-2-24-10)14-12-13(16-7-15-12)17-8-18-14/h3-5,7-8H,1-2,6H2,(H,22,23)(H,15,16,17,18). The van der Waals surface area contributed by atoms with Gasteiger partial charge in [0.25, 0.3) is 0 Å². The number of aromatic amines is 1. The minimum atomic E-state index is -0.918. The van der Waals surface area contributed by atoms with Gasteiger partial charge in [0.15, 0.2) is 17.0 Å². The van der Waals surface area contributed by atoms with Gasteiger partial charge in [-0.25, -0.2) is 15.0 Å². The Morgan fingerprint density at radius 2 is 2.29 bits per heavy atom. The fourth-order valence-corrected chi connectivity index (χ4v) is 3.48. The molecule has 24 heavy (non-hydrogen) atoms. The van der Waals surface area contributed by atoms with E-state index >= 15 is 0 Å². The van der Waals surface area contributed by atoms with Gasteiger partial charge in [0.05, 0.1) is 12.5 Å². The maximum Gasteiger partial charge on any atom is 0.325 e. The average Bonchev–Trinajstić information content (AvgIpc) is 3.23. The van der Waals surface area contributed by atoms with E-state index in [2.05, 4.69) is 25.0 Å². The maximum atomic E-state index is 10.8. The normalized spacial score (nSPS) is 14.8. The fraction of sp³-hybridized carbons (Fsp3) is 0.214. The number of aromatic nitrogens is 6. The van der Waals surface area contributed by atoms with E-state index < -0.39 is 5.97 Å². The molecular weight excluding hydrogens is 330 g/mol. The van der Waals surface area contributed by atoms with E-state index in [1.165, 1.54) is 11.0 Å². The molecule has 0 bridgehead atoms. The van der Waals surface area contributed by atoms with Crippen molar-refractivity contribution in [1.29, 1.82) is 0 Å². The number of carboxylic acid groups (broad SMARTS) is 1. The molecule has 10 heteroatoms. The van der Waals surface area contributed by atoms with Gasteiger partial charge < -0.3 is 15.0 Å². The third-order valence-corrected chi connectivity index (χ3v) is 4.59. The van der Waals surface area contributed by atoms with Crippen molar-refractivity contribution >= 4 is 39.6 Å². The van der Waals surface area contributed by atoms with Crippen LogP contribution in [0, 0.1) is 0 Å². The molecule has 1 aliphatic heterocycles. The third-order valence-electron chi connectivity index (χ3n) is 3.55. The molecule has 4 rings (SSSR count). The summed E-state index contributed by atoms with van der Waals surface area (Å²) in [6.45, 7) is 0.651. The largest absolute Gasteiger partial charge is 0.480 e. The molecule has 0 unspecified atom stereocenters. The molecule has 3 aromatic rings. The molecule has 0 aromatic carbocycles. The minimum Gasteiger partial charge on any atom is -0.480 e. The number of anilines is 1. The number of hydrogen-bond donors (Lipinski definition) is 2. The second-order valence-electron chi connectivity index (χ2n) is 5.15. The Morgan fingerprint density at radius 1 is 1.38 bits per heavy atom. The molecule has 0 fully saturated rings. The summed E-state index contributed by atoms with van der Waals surface area (Å²) in [6.07, 6.45) is 8.51.